The van der Waals surface area contributed by atoms with Crippen molar-refractivity contribution in [2.24, 2.45) is 0 Å². The Morgan fingerprint density at radius 1 is 1.10 bits per heavy atom. The maximum atomic E-state index is 12.8. The molecule has 10 heteroatoms. The third kappa shape index (κ3) is 4.60. The third-order valence-corrected chi connectivity index (χ3v) is 6.97. The number of piperazine rings is 1. The Morgan fingerprint density at radius 2 is 1.73 bits per heavy atom. The summed E-state index contributed by atoms with van der Waals surface area (Å²) in [5, 5.41) is 10.8. The average molecular weight is 433 g/mol. The molecule has 0 aliphatic carbocycles. The molecule has 0 N–H and O–H groups in total. The topological polar surface area (TPSA) is 110 Å². The second-order valence-corrected chi connectivity index (χ2v) is 8.97. The minimum absolute atomic E-state index is 0.00243. The molecule has 1 saturated heterocycles. The number of nitrogens with zero attached hydrogens (tertiary/aromatic N) is 3. The summed E-state index contributed by atoms with van der Waals surface area (Å²) < 4.78 is 32.2. The first-order chi connectivity index (χ1) is 14.2. The number of hydrogen-bond acceptors (Lipinski definition) is 6. The van der Waals surface area contributed by atoms with Gasteiger partial charge < -0.3 is 9.64 Å². The van der Waals surface area contributed by atoms with E-state index in [1.807, 2.05) is 25.1 Å². The minimum atomic E-state index is -3.78. The molecule has 1 amide bonds. The molecule has 3 rings (SSSR count). The number of rotatable bonds is 6. The van der Waals surface area contributed by atoms with Crippen molar-refractivity contribution in [1.82, 2.24) is 9.21 Å². The van der Waals surface area contributed by atoms with E-state index in [4.69, 9.17) is 4.74 Å². The van der Waals surface area contributed by atoms with Gasteiger partial charge in [-0.15, -0.1) is 0 Å². The van der Waals surface area contributed by atoms with Crippen LogP contribution in [0, 0.1) is 17.0 Å². The van der Waals surface area contributed by atoms with Crippen LogP contribution in [0.3, 0.4) is 0 Å². The van der Waals surface area contributed by atoms with E-state index in [9.17, 15) is 23.3 Å². The highest BCUT2D eigenvalue weighted by molar-refractivity contribution is 7.89. The SMILES string of the molecule is COc1ccc(C)cc1CC(=O)N1CCN(S(=O)(=O)c2ccc([N+](=O)[O-])cc2)CC1. The number of carbonyl (C=O) groups excluding carboxylic acids is 1. The van der Waals surface area contributed by atoms with Crippen LogP contribution >= 0.6 is 0 Å². The molecule has 1 fully saturated rings. The van der Waals surface area contributed by atoms with E-state index < -0.39 is 14.9 Å². The van der Waals surface area contributed by atoms with Crippen LogP contribution in [0.1, 0.15) is 11.1 Å². The number of ether oxygens (including phenoxy) is 1. The van der Waals surface area contributed by atoms with E-state index in [2.05, 4.69) is 0 Å². The number of methoxy groups -OCH3 is 1. The molecule has 1 aliphatic heterocycles. The molecule has 0 unspecified atom stereocenters. The lowest BCUT2D eigenvalue weighted by Gasteiger charge is -2.34. The first kappa shape index (κ1) is 21.7. The zero-order valence-electron chi connectivity index (χ0n) is 16.8. The van der Waals surface area contributed by atoms with Gasteiger partial charge in [0.15, 0.2) is 0 Å². The summed E-state index contributed by atoms with van der Waals surface area (Å²) >= 11 is 0. The zero-order valence-corrected chi connectivity index (χ0v) is 17.6. The van der Waals surface area contributed by atoms with Crippen LogP contribution in [0.25, 0.3) is 0 Å². The first-order valence-electron chi connectivity index (χ1n) is 9.38. The summed E-state index contributed by atoms with van der Waals surface area (Å²) in [7, 11) is -2.22. The molecule has 0 atom stereocenters. The summed E-state index contributed by atoms with van der Waals surface area (Å²) in [6.07, 6.45) is 0.181. The second-order valence-electron chi connectivity index (χ2n) is 7.03. The molecule has 160 valence electrons. The van der Waals surface area contributed by atoms with Crippen LogP contribution in [0.5, 0.6) is 5.75 Å². The Bertz CT molecular complexity index is 1040. The molecule has 1 heterocycles. The van der Waals surface area contributed by atoms with E-state index in [0.717, 1.165) is 11.1 Å². The summed E-state index contributed by atoms with van der Waals surface area (Å²) in [6, 6.07) is 10.4. The number of hydrogen-bond donors (Lipinski definition) is 0. The quantitative estimate of drug-likeness (QED) is 0.509. The minimum Gasteiger partial charge on any atom is -0.496 e. The number of aryl methyl sites for hydroxylation is 1. The number of amides is 1. The predicted octanol–water partition coefficient (Wildman–Crippen LogP) is 1.99. The van der Waals surface area contributed by atoms with Gasteiger partial charge >= 0.3 is 0 Å². The van der Waals surface area contributed by atoms with E-state index in [1.165, 1.54) is 28.6 Å². The van der Waals surface area contributed by atoms with Gasteiger partial charge in [-0.2, -0.15) is 4.31 Å². The summed E-state index contributed by atoms with van der Waals surface area (Å²) in [4.78, 5) is 24.5. The molecule has 2 aromatic carbocycles. The van der Waals surface area contributed by atoms with Gasteiger partial charge in [0, 0.05) is 43.9 Å². The Balaban J connectivity index is 1.64. The van der Waals surface area contributed by atoms with Crippen LogP contribution in [0.4, 0.5) is 5.69 Å². The zero-order chi connectivity index (χ0) is 21.9. The van der Waals surface area contributed by atoms with E-state index in [-0.39, 0.29) is 49.1 Å². The summed E-state index contributed by atoms with van der Waals surface area (Å²) in [5.41, 5.74) is 1.65. The van der Waals surface area contributed by atoms with E-state index >= 15 is 0 Å². The molecule has 0 aromatic heterocycles. The Hall–Kier alpha value is -2.98. The van der Waals surface area contributed by atoms with Crippen LogP contribution in [0.15, 0.2) is 47.4 Å². The molecule has 0 saturated carbocycles. The maximum Gasteiger partial charge on any atom is 0.269 e. The monoisotopic (exact) mass is 433 g/mol. The van der Waals surface area contributed by atoms with Crippen molar-refractivity contribution in [2.75, 3.05) is 33.3 Å². The Morgan fingerprint density at radius 3 is 2.30 bits per heavy atom. The number of carbonyl (C=O) groups is 1. The second kappa shape index (κ2) is 8.80. The van der Waals surface area contributed by atoms with E-state index in [1.54, 1.807) is 12.0 Å². The number of nitro benzene ring substituents is 1. The van der Waals surface area contributed by atoms with Crippen molar-refractivity contribution in [3.63, 3.8) is 0 Å². The van der Waals surface area contributed by atoms with Crippen LogP contribution in [-0.4, -0.2) is 61.7 Å². The fourth-order valence-corrected chi connectivity index (χ4v) is 4.81. The Labute approximate surface area is 175 Å². The van der Waals surface area contributed by atoms with Crippen molar-refractivity contribution in [1.29, 1.82) is 0 Å². The number of benzene rings is 2. The molecule has 1 aliphatic rings. The summed E-state index contributed by atoms with van der Waals surface area (Å²) in [6.45, 7) is 2.82. The van der Waals surface area contributed by atoms with Crippen LogP contribution < -0.4 is 4.74 Å². The van der Waals surface area contributed by atoms with Gasteiger partial charge in [0.05, 0.1) is 23.3 Å². The number of nitro groups is 1. The fourth-order valence-electron chi connectivity index (χ4n) is 3.39. The largest absolute Gasteiger partial charge is 0.496 e. The standard InChI is InChI=1S/C20H23N3O6S/c1-15-3-8-19(29-2)16(13-15)14-20(24)21-9-11-22(12-10-21)30(27,28)18-6-4-17(5-7-18)23(25)26/h3-8,13H,9-12,14H2,1-2H3. The van der Waals surface area contributed by atoms with Gasteiger partial charge in [-0.25, -0.2) is 8.42 Å². The smallest absolute Gasteiger partial charge is 0.269 e. The molecule has 0 spiro atoms. The van der Waals surface area contributed by atoms with Gasteiger partial charge in [-0.1, -0.05) is 17.7 Å². The highest BCUT2D eigenvalue weighted by atomic mass is 32.2. The predicted molar refractivity (Wildman–Crippen MR) is 110 cm³/mol. The highest BCUT2D eigenvalue weighted by Gasteiger charge is 2.30. The molecule has 2 aromatic rings. The average Bonchev–Trinajstić information content (AvgIpc) is 2.74. The number of sulfonamides is 1. The molecule has 0 radical (unpaired) electrons. The van der Waals surface area contributed by atoms with Gasteiger partial charge in [-0.05, 0) is 25.1 Å². The highest BCUT2D eigenvalue weighted by Crippen LogP contribution is 2.23. The van der Waals surface area contributed by atoms with Gasteiger partial charge in [0.25, 0.3) is 5.69 Å². The van der Waals surface area contributed by atoms with Gasteiger partial charge in [0.1, 0.15) is 5.75 Å². The van der Waals surface area contributed by atoms with E-state index in [0.29, 0.717) is 5.75 Å². The maximum absolute atomic E-state index is 12.8. The first-order valence-corrected chi connectivity index (χ1v) is 10.8. The van der Waals surface area contributed by atoms with Crippen molar-refractivity contribution < 1.29 is 22.9 Å². The number of non-ortho nitro benzene ring substituents is 1. The lowest BCUT2D eigenvalue weighted by Crippen LogP contribution is -2.50. The van der Waals surface area contributed by atoms with Crippen molar-refractivity contribution >= 4 is 21.6 Å². The lowest BCUT2D eigenvalue weighted by atomic mass is 10.1. The van der Waals surface area contributed by atoms with Gasteiger partial charge in [-0.3, -0.25) is 14.9 Å². The lowest BCUT2D eigenvalue weighted by molar-refractivity contribution is -0.384. The molecule has 30 heavy (non-hydrogen) atoms. The van der Waals surface area contributed by atoms with Crippen LogP contribution in [0.2, 0.25) is 0 Å². The molecular weight excluding hydrogens is 410 g/mol. The fraction of sp³-hybridized carbons (Fsp3) is 0.350. The van der Waals surface area contributed by atoms with Gasteiger partial charge in [0.2, 0.25) is 15.9 Å². The van der Waals surface area contributed by atoms with Crippen molar-refractivity contribution in [3.05, 3.63) is 63.7 Å². The summed E-state index contributed by atoms with van der Waals surface area (Å²) in [5.74, 6) is 0.555. The molecule has 0 bridgehead atoms. The Kier molecular flexibility index (Phi) is 6.37. The third-order valence-electron chi connectivity index (χ3n) is 5.05. The normalized spacial score (nSPS) is 15.1. The molecular formula is C20H23N3O6S. The van der Waals surface area contributed by atoms with Crippen LogP contribution in [-0.2, 0) is 21.2 Å². The molecule has 9 nitrogen and oxygen atoms in total. The van der Waals surface area contributed by atoms with Crippen molar-refractivity contribution in [2.45, 2.75) is 18.2 Å². The van der Waals surface area contributed by atoms with Crippen molar-refractivity contribution in [3.8, 4) is 5.75 Å².